The molecule has 1 amide bonds. The van der Waals surface area contributed by atoms with Gasteiger partial charge in [0.25, 0.3) is 11.5 Å². The molecule has 0 atom stereocenters. The molecule has 0 fully saturated rings. The highest BCUT2D eigenvalue weighted by atomic mass is 32.1. The molecule has 27 heavy (non-hydrogen) atoms. The van der Waals surface area contributed by atoms with Gasteiger partial charge in [-0.2, -0.15) is 0 Å². The molecule has 2 aromatic carbocycles. The number of aryl methyl sites for hydroxylation is 1. The van der Waals surface area contributed by atoms with Crippen molar-refractivity contribution in [3.8, 4) is 11.3 Å². The van der Waals surface area contributed by atoms with Crippen LogP contribution in [0.5, 0.6) is 0 Å². The van der Waals surface area contributed by atoms with Crippen LogP contribution in [0.2, 0.25) is 0 Å². The van der Waals surface area contributed by atoms with E-state index in [-0.39, 0.29) is 17.2 Å². The summed E-state index contributed by atoms with van der Waals surface area (Å²) < 4.78 is 0. The number of hydrogen-bond donors (Lipinski definition) is 2. The van der Waals surface area contributed by atoms with Gasteiger partial charge in [0.15, 0.2) is 5.13 Å². The van der Waals surface area contributed by atoms with E-state index in [0.29, 0.717) is 10.5 Å². The Labute approximate surface area is 159 Å². The summed E-state index contributed by atoms with van der Waals surface area (Å²) in [7, 11) is 0. The highest BCUT2D eigenvalue weighted by Crippen LogP contribution is 2.25. The van der Waals surface area contributed by atoms with E-state index in [1.54, 1.807) is 18.2 Å². The third-order valence-electron chi connectivity index (χ3n) is 4.38. The average molecular weight is 375 g/mol. The minimum absolute atomic E-state index is 0.211. The number of anilines is 1. The van der Waals surface area contributed by atoms with E-state index in [0.717, 1.165) is 23.1 Å². The first-order valence-electron chi connectivity index (χ1n) is 8.62. The molecule has 4 rings (SSSR count). The summed E-state index contributed by atoms with van der Waals surface area (Å²) in [4.78, 5) is 31.8. The lowest BCUT2D eigenvalue weighted by atomic mass is 10.1. The van der Waals surface area contributed by atoms with Gasteiger partial charge < -0.3 is 4.98 Å². The fourth-order valence-electron chi connectivity index (χ4n) is 2.87. The van der Waals surface area contributed by atoms with E-state index in [2.05, 4.69) is 34.3 Å². The molecule has 0 bridgehead atoms. The Morgan fingerprint density at radius 1 is 1.15 bits per heavy atom. The van der Waals surface area contributed by atoms with Gasteiger partial charge in [-0.05, 0) is 29.5 Å². The van der Waals surface area contributed by atoms with Crippen molar-refractivity contribution in [3.05, 3.63) is 81.6 Å². The Bertz CT molecular complexity index is 1180. The van der Waals surface area contributed by atoms with Crippen LogP contribution in [-0.2, 0) is 6.42 Å². The maximum Gasteiger partial charge on any atom is 0.273 e. The number of aromatic nitrogens is 2. The van der Waals surface area contributed by atoms with Crippen molar-refractivity contribution in [1.29, 1.82) is 0 Å². The van der Waals surface area contributed by atoms with Crippen LogP contribution in [-0.4, -0.2) is 15.9 Å². The average Bonchev–Trinajstić information content (AvgIpc) is 3.16. The summed E-state index contributed by atoms with van der Waals surface area (Å²) in [5, 5.41) is 6.43. The second-order valence-corrected chi connectivity index (χ2v) is 7.00. The molecule has 2 heterocycles. The van der Waals surface area contributed by atoms with Gasteiger partial charge in [-0.25, -0.2) is 4.98 Å². The third kappa shape index (κ3) is 3.52. The maximum absolute atomic E-state index is 12.5. The zero-order valence-electron chi connectivity index (χ0n) is 14.7. The molecule has 4 aromatic rings. The van der Waals surface area contributed by atoms with Gasteiger partial charge in [0.2, 0.25) is 0 Å². The van der Waals surface area contributed by atoms with Crippen LogP contribution < -0.4 is 10.9 Å². The molecular formula is C21H17N3O2S. The van der Waals surface area contributed by atoms with Gasteiger partial charge in [0.1, 0.15) is 5.69 Å². The molecule has 0 aliphatic heterocycles. The predicted octanol–water partition coefficient (Wildman–Crippen LogP) is 4.47. The fourth-order valence-corrected chi connectivity index (χ4v) is 3.59. The minimum Gasteiger partial charge on any atom is -0.317 e. The smallest absolute Gasteiger partial charge is 0.273 e. The normalized spacial score (nSPS) is 10.9. The number of H-pyrrole nitrogens is 1. The monoisotopic (exact) mass is 375 g/mol. The molecule has 134 valence electrons. The van der Waals surface area contributed by atoms with Crippen LogP contribution in [0.25, 0.3) is 22.0 Å². The Balaban J connectivity index is 1.56. The molecule has 5 nitrogen and oxygen atoms in total. The van der Waals surface area contributed by atoms with Gasteiger partial charge in [0.05, 0.1) is 5.69 Å². The standard InChI is InChI=1S/C21H17N3O2S/c1-2-13-7-9-14(10-8-13)18-12-27-21(23-18)24-20(26)17-11-15-5-3-4-6-16(15)19(25)22-17/h3-12H,2H2,1H3,(H,22,25)(H,23,24,26). The first-order chi connectivity index (χ1) is 13.1. The summed E-state index contributed by atoms with van der Waals surface area (Å²) in [6.07, 6.45) is 0.989. The number of aromatic amines is 1. The summed E-state index contributed by atoms with van der Waals surface area (Å²) in [5.41, 5.74) is 3.01. The van der Waals surface area contributed by atoms with Crippen LogP contribution >= 0.6 is 11.3 Å². The van der Waals surface area contributed by atoms with E-state index in [9.17, 15) is 9.59 Å². The van der Waals surface area contributed by atoms with E-state index < -0.39 is 0 Å². The van der Waals surface area contributed by atoms with Crippen molar-refractivity contribution in [2.75, 3.05) is 5.32 Å². The summed E-state index contributed by atoms with van der Waals surface area (Å²) in [6.45, 7) is 2.11. The number of nitrogens with zero attached hydrogens (tertiary/aromatic N) is 1. The number of thiazole rings is 1. The molecule has 6 heteroatoms. The van der Waals surface area contributed by atoms with Crippen LogP contribution in [0.15, 0.2) is 64.8 Å². The lowest BCUT2D eigenvalue weighted by Crippen LogP contribution is -2.18. The Morgan fingerprint density at radius 2 is 1.93 bits per heavy atom. The highest BCUT2D eigenvalue weighted by Gasteiger charge is 2.12. The number of carbonyl (C=O) groups is 1. The van der Waals surface area contributed by atoms with Crippen LogP contribution in [0.1, 0.15) is 23.0 Å². The highest BCUT2D eigenvalue weighted by molar-refractivity contribution is 7.14. The fraction of sp³-hybridized carbons (Fsp3) is 0.0952. The zero-order valence-corrected chi connectivity index (χ0v) is 15.5. The summed E-state index contributed by atoms with van der Waals surface area (Å²) >= 11 is 1.35. The quantitative estimate of drug-likeness (QED) is 0.553. The van der Waals surface area contributed by atoms with Crippen LogP contribution in [0, 0.1) is 0 Å². The second-order valence-electron chi connectivity index (χ2n) is 6.14. The van der Waals surface area contributed by atoms with Crippen molar-refractivity contribution < 1.29 is 4.79 Å². The molecule has 2 N–H and O–H groups in total. The molecule has 0 aliphatic rings. The molecule has 2 aromatic heterocycles. The molecule has 0 saturated carbocycles. The number of pyridine rings is 1. The van der Waals surface area contributed by atoms with Crippen molar-refractivity contribution in [2.45, 2.75) is 13.3 Å². The van der Waals surface area contributed by atoms with Gasteiger partial charge in [0, 0.05) is 16.3 Å². The Hall–Kier alpha value is -3.25. The number of nitrogens with one attached hydrogen (secondary N) is 2. The van der Waals surface area contributed by atoms with Gasteiger partial charge in [-0.3, -0.25) is 14.9 Å². The number of rotatable bonds is 4. The van der Waals surface area contributed by atoms with Crippen molar-refractivity contribution >= 4 is 33.1 Å². The summed E-state index contributed by atoms with van der Waals surface area (Å²) in [5.74, 6) is -0.389. The number of benzene rings is 2. The molecule has 0 spiro atoms. The molecule has 0 unspecified atom stereocenters. The van der Waals surface area contributed by atoms with E-state index >= 15 is 0 Å². The first kappa shape index (κ1) is 17.2. The van der Waals surface area contributed by atoms with Crippen molar-refractivity contribution in [2.24, 2.45) is 0 Å². The van der Waals surface area contributed by atoms with Crippen LogP contribution in [0.3, 0.4) is 0 Å². The summed E-state index contributed by atoms with van der Waals surface area (Å²) in [6, 6.07) is 17.0. The van der Waals surface area contributed by atoms with Gasteiger partial charge >= 0.3 is 0 Å². The number of amides is 1. The first-order valence-corrected chi connectivity index (χ1v) is 9.50. The number of carbonyl (C=O) groups excluding carboxylic acids is 1. The van der Waals surface area contributed by atoms with Crippen LogP contribution in [0.4, 0.5) is 5.13 Å². The lowest BCUT2D eigenvalue weighted by Gasteiger charge is -2.04. The van der Waals surface area contributed by atoms with E-state index in [1.807, 2.05) is 29.6 Å². The van der Waals surface area contributed by atoms with Crippen molar-refractivity contribution in [3.63, 3.8) is 0 Å². The minimum atomic E-state index is -0.389. The predicted molar refractivity (Wildman–Crippen MR) is 109 cm³/mol. The Morgan fingerprint density at radius 3 is 2.70 bits per heavy atom. The second kappa shape index (κ2) is 7.17. The molecule has 0 aliphatic carbocycles. The molecular weight excluding hydrogens is 358 g/mol. The molecule has 0 radical (unpaired) electrons. The SMILES string of the molecule is CCc1ccc(-c2csc(NC(=O)c3cc4ccccc4c(=O)[nH]3)n2)cc1. The van der Waals surface area contributed by atoms with Crippen molar-refractivity contribution in [1.82, 2.24) is 9.97 Å². The number of fused-ring (bicyclic) bond motifs is 1. The molecule has 0 saturated heterocycles. The topological polar surface area (TPSA) is 74.8 Å². The van der Waals surface area contributed by atoms with Gasteiger partial charge in [-0.15, -0.1) is 11.3 Å². The van der Waals surface area contributed by atoms with Gasteiger partial charge in [-0.1, -0.05) is 49.4 Å². The lowest BCUT2D eigenvalue weighted by molar-refractivity contribution is 0.102. The third-order valence-corrected chi connectivity index (χ3v) is 5.14. The van der Waals surface area contributed by atoms with E-state index in [1.165, 1.54) is 16.9 Å². The largest absolute Gasteiger partial charge is 0.317 e. The zero-order chi connectivity index (χ0) is 18.8. The van der Waals surface area contributed by atoms with E-state index in [4.69, 9.17) is 0 Å². The Kier molecular flexibility index (Phi) is 4.56. The maximum atomic E-state index is 12.5. The number of hydrogen-bond acceptors (Lipinski definition) is 4.